The van der Waals surface area contributed by atoms with Crippen LogP contribution in [0.25, 0.3) is 11.0 Å². The molecule has 3 aromatic rings. The number of aromatic nitrogens is 3. The Labute approximate surface area is 245 Å². The average molecular weight is 577 g/mol. The predicted octanol–water partition coefficient (Wildman–Crippen LogP) is 0.592. The second-order valence-corrected chi connectivity index (χ2v) is 11.2. The lowest BCUT2D eigenvalue weighted by Crippen LogP contribution is -2.51. The third-order valence-electron chi connectivity index (χ3n) is 8.25. The van der Waals surface area contributed by atoms with Gasteiger partial charge in [-0.2, -0.15) is 0 Å². The van der Waals surface area contributed by atoms with Gasteiger partial charge in [-0.3, -0.25) is 14.4 Å². The summed E-state index contributed by atoms with van der Waals surface area (Å²) in [4.78, 5) is 43.2. The van der Waals surface area contributed by atoms with E-state index in [1.165, 1.54) is 0 Å². The van der Waals surface area contributed by atoms with Crippen LogP contribution >= 0.6 is 0 Å². The number of benzene rings is 2. The van der Waals surface area contributed by atoms with E-state index in [-0.39, 0.29) is 36.5 Å². The number of amides is 3. The maximum atomic E-state index is 13.6. The molecule has 0 saturated carbocycles. The molecule has 0 bridgehead atoms. The smallest absolute Gasteiger partial charge is 0.243 e. The van der Waals surface area contributed by atoms with Gasteiger partial charge in [-0.1, -0.05) is 23.4 Å². The largest absolute Gasteiger partial charge is 0.497 e. The number of nitrogens with two attached hydrogens (primary N) is 1. The zero-order valence-electron chi connectivity index (χ0n) is 24.3. The molecular formula is C30H40N8O4. The molecule has 0 spiro atoms. The number of aryl methyl sites for hydroxylation is 1. The highest BCUT2D eigenvalue weighted by Gasteiger charge is 2.41. The van der Waals surface area contributed by atoms with Crippen LogP contribution in [0.2, 0.25) is 0 Å². The molecule has 0 radical (unpaired) electrons. The van der Waals surface area contributed by atoms with Crippen LogP contribution in [0.3, 0.4) is 0 Å². The molecule has 3 atom stereocenters. The molecule has 224 valence electrons. The van der Waals surface area contributed by atoms with Gasteiger partial charge in [0.2, 0.25) is 17.7 Å². The third kappa shape index (κ3) is 6.88. The van der Waals surface area contributed by atoms with Crippen LogP contribution in [0.15, 0.2) is 42.5 Å². The number of carbonyl (C=O) groups excluding carboxylic acids is 3. The summed E-state index contributed by atoms with van der Waals surface area (Å²) in [5.74, 6) is 0.363. The van der Waals surface area contributed by atoms with Crippen LogP contribution in [0, 0.1) is 5.92 Å². The number of fused-ring (bicyclic) bond motifs is 1. The van der Waals surface area contributed by atoms with Gasteiger partial charge in [-0.05, 0) is 60.6 Å². The van der Waals surface area contributed by atoms with E-state index < -0.39 is 12.1 Å². The first-order valence-corrected chi connectivity index (χ1v) is 14.6. The molecule has 5 rings (SSSR count). The van der Waals surface area contributed by atoms with E-state index in [0.29, 0.717) is 32.6 Å². The van der Waals surface area contributed by atoms with E-state index in [1.54, 1.807) is 16.7 Å². The maximum absolute atomic E-state index is 13.6. The summed E-state index contributed by atoms with van der Waals surface area (Å²) in [6, 6.07) is 12.1. The number of methoxy groups -OCH3 is 1. The highest BCUT2D eigenvalue weighted by Crippen LogP contribution is 2.28. The molecule has 4 N–H and O–H groups in total. The fraction of sp³-hybridized carbons (Fsp3) is 0.500. The van der Waals surface area contributed by atoms with Crippen LogP contribution in [-0.4, -0.2) is 94.4 Å². The summed E-state index contributed by atoms with van der Waals surface area (Å²) in [7, 11) is 3.46. The van der Waals surface area contributed by atoms with Gasteiger partial charge in [0.1, 0.15) is 17.3 Å². The number of piperazine rings is 1. The fourth-order valence-corrected chi connectivity index (χ4v) is 5.85. The van der Waals surface area contributed by atoms with Crippen molar-refractivity contribution in [2.45, 2.75) is 44.3 Å². The van der Waals surface area contributed by atoms with E-state index in [1.807, 2.05) is 54.4 Å². The zero-order valence-corrected chi connectivity index (χ0v) is 24.3. The Kier molecular flexibility index (Phi) is 9.33. The summed E-state index contributed by atoms with van der Waals surface area (Å²) >= 11 is 0. The quantitative estimate of drug-likeness (QED) is 0.318. The van der Waals surface area contributed by atoms with Crippen molar-refractivity contribution in [3.8, 4) is 5.75 Å². The summed E-state index contributed by atoms with van der Waals surface area (Å²) in [6.45, 7) is 3.58. The van der Waals surface area contributed by atoms with Gasteiger partial charge in [0.15, 0.2) is 0 Å². The Bertz CT molecular complexity index is 1400. The number of rotatable bonds is 10. The van der Waals surface area contributed by atoms with Crippen molar-refractivity contribution in [1.29, 1.82) is 0 Å². The van der Waals surface area contributed by atoms with Crippen LogP contribution in [0.4, 0.5) is 0 Å². The first-order valence-electron chi connectivity index (χ1n) is 14.6. The van der Waals surface area contributed by atoms with Gasteiger partial charge < -0.3 is 30.9 Å². The highest BCUT2D eigenvalue weighted by atomic mass is 16.5. The van der Waals surface area contributed by atoms with E-state index in [2.05, 4.69) is 20.9 Å². The lowest BCUT2D eigenvalue weighted by molar-refractivity contribution is -0.140. The minimum atomic E-state index is -0.856. The minimum Gasteiger partial charge on any atom is -0.497 e. The maximum Gasteiger partial charge on any atom is 0.243 e. The predicted molar refractivity (Wildman–Crippen MR) is 157 cm³/mol. The number of nitrogens with one attached hydrogen (secondary N) is 2. The molecule has 1 aromatic heterocycles. The normalized spacial score (nSPS) is 19.6. The van der Waals surface area contributed by atoms with Crippen molar-refractivity contribution < 1.29 is 19.1 Å². The molecule has 42 heavy (non-hydrogen) atoms. The number of nitrogens with zero attached hydrogens (tertiary/aromatic N) is 5. The number of ether oxygens (including phenoxy) is 1. The Balaban J connectivity index is 1.24. The molecule has 2 fully saturated rings. The van der Waals surface area contributed by atoms with Gasteiger partial charge in [0.05, 0.1) is 18.7 Å². The molecule has 12 nitrogen and oxygen atoms in total. The Morgan fingerprint density at radius 2 is 1.86 bits per heavy atom. The van der Waals surface area contributed by atoms with Gasteiger partial charge in [0, 0.05) is 52.7 Å². The summed E-state index contributed by atoms with van der Waals surface area (Å²) < 4.78 is 6.97. The van der Waals surface area contributed by atoms with Crippen molar-refractivity contribution in [2.24, 2.45) is 18.7 Å². The lowest BCUT2D eigenvalue weighted by Gasteiger charge is -2.29. The van der Waals surface area contributed by atoms with Crippen molar-refractivity contribution in [1.82, 2.24) is 35.4 Å². The molecule has 2 aromatic carbocycles. The fourth-order valence-electron chi connectivity index (χ4n) is 5.85. The number of carbonyl (C=O) groups is 3. The molecular weight excluding hydrogens is 536 g/mol. The first-order chi connectivity index (χ1) is 20.3. The molecule has 0 aliphatic carbocycles. The average Bonchev–Trinajstić information content (AvgIpc) is 3.62. The second kappa shape index (κ2) is 13.3. The van der Waals surface area contributed by atoms with Crippen molar-refractivity contribution in [3.63, 3.8) is 0 Å². The highest BCUT2D eigenvalue weighted by molar-refractivity contribution is 5.91. The molecule has 3 amide bonds. The van der Waals surface area contributed by atoms with E-state index in [0.717, 1.165) is 47.4 Å². The van der Waals surface area contributed by atoms with E-state index in [4.69, 9.17) is 10.5 Å². The summed E-state index contributed by atoms with van der Waals surface area (Å²) in [6.07, 6.45) is 1.70. The molecule has 3 heterocycles. The standard InChI is InChI=1S/C30H40N8O4/c1-36-26-9-5-21(16-25(26)34-35-36)18-33-29(40)27-17-22(15-20-3-6-23(42-2)7-4-20)19-38(27)30(41)24(31)8-10-28(39)37-13-11-32-12-14-37/h3-7,9,16,22,24,27,32H,8,10-15,17-19,31H2,1-2H3,(H,33,40). The topological polar surface area (TPSA) is 148 Å². The van der Waals surface area contributed by atoms with Crippen molar-refractivity contribution in [2.75, 3.05) is 39.8 Å². The Morgan fingerprint density at radius 3 is 2.60 bits per heavy atom. The minimum absolute atomic E-state index is 0.00734. The van der Waals surface area contributed by atoms with E-state index >= 15 is 0 Å². The molecule has 3 unspecified atom stereocenters. The molecule has 2 aliphatic heterocycles. The van der Waals surface area contributed by atoms with Crippen molar-refractivity contribution in [3.05, 3.63) is 53.6 Å². The first kappa shape index (κ1) is 29.5. The van der Waals surface area contributed by atoms with Crippen molar-refractivity contribution >= 4 is 28.8 Å². The Morgan fingerprint density at radius 1 is 1.12 bits per heavy atom. The summed E-state index contributed by atoms with van der Waals surface area (Å²) in [5.41, 5.74) is 10.0. The van der Waals surface area contributed by atoms with Crippen LogP contribution < -0.4 is 21.1 Å². The zero-order chi connectivity index (χ0) is 29.6. The third-order valence-corrected chi connectivity index (χ3v) is 8.25. The van der Waals surface area contributed by atoms with E-state index in [9.17, 15) is 14.4 Å². The number of hydrogen-bond donors (Lipinski definition) is 3. The van der Waals surface area contributed by atoms with Gasteiger partial charge in [-0.25, -0.2) is 4.68 Å². The van der Waals surface area contributed by atoms with Crippen LogP contribution in [0.1, 0.15) is 30.4 Å². The number of likely N-dealkylation sites (tertiary alicyclic amines) is 1. The van der Waals surface area contributed by atoms with Crippen LogP contribution in [0.5, 0.6) is 5.75 Å². The Hall–Kier alpha value is -4.03. The van der Waals surface area contributed by atoms with Crippen LogP contribution in [-0.2, 0) is 34.4 Å². The second-order valence-electron chi connectivity index (χ2n) is 11.2. The van der Waals surface area contributed by atoms with Gasteiger partial charge in [0.25, 0.3) is 0 Å². The monoisotopic (exact) mass is 576 g/mol. The van der Waals surface area contributed by atoms with Gasteiger partial charge in [-0.15, -0.1) is 5.10 Å². The lowest BCUT2D eigenvalue weighted by atomic mass is 9.96. The molecule has 2 aliphatic rings. The molecule has 12 heteroatoms. The van der Waals surface area contributed by atoms with Gasteiger partial charge >= 0.3 is 0 Å². The SMILES string of the molecule is COc1ccc(CC2CC(C(=O)NCc3ccc4c(c3)nnn4C)N(C(=O)C(N)CCC(=O)N3CCNCC3)C2)cc1. The number of hydrogen-bond acceptors (Lipinski definition) is 8. The molecule has 2 saturated heterocycles. The summed E-state index contributed by atoms with van der Waals surface area (Å²) in [5, 5.41) is 14.4.